The molecule has 3 nitrogen and oxygen atoms in total. The second-order valence-corrected chi connectivity index (χ2v) is 3.10. The van der Waals surface area contributed by atoms with Crippen LogP contribution in [0, 0.1) is 18.3 Å². The molecule has 0 aliphatic rings. The molecule has 0 spiro atoms. The zero-order chi connectivity index (χ0) is 10.4. The fourth-order valence-corrected chi connectivity index (χ4v) is 1.28. The number of aryl methyl sites for hydroxylation is 1. The van der Waals surface area contributed by atoms with Gasteiger partial charge in [-0.05, 0) is 18.1 Å². The summed E-state index contributed by atoms with van der Waals surface area (Å²) in [7, 11) is 0. The summed E-state index contributed by atoms with van der Waals surface area (Å²) in [5, 5.41) is 11.2. The van der Waals surface area contributed by atoms with Crippen LogP contribution in [0.4, 0.5) is 0 Å². The van der Waals surface area contributed by atoms with Crippen molar-refractivity contribution in [2.75, 3.05) is 0 Å². The lowest BCUT2D eigenvalue weighted by atomic mass is 10.0. The molecule has 1 aromatic carbocycles. The summed E-state index contributed by atoms with van der Waals surface area (Å²) in [5.41, 5.74) is 2.23. The van der Waals surface area contributed by atoms with Gasteiger partial charge in [0.15, 0.2) is 0 Å². The van der Waals surface area contributed by atoms with Crippen molar-refractivity contribution in [2.45, 2.75) is 19.4 Å². The van der Waals surface area contributed by atoms with Crippen LogP contribution in [0.2, 0.25) is 0 Å². The molecule has 1 aromatic rings. The fraction of sp³-hybridized carbons (Fsp3) is 0.273. The predicted octanol–water partition coefficient (Wildman–Crippen LogP) is 1.18. The van der Waals surface area contributed by atoms with Crippen LogP contribution in [-0.2, 0) is 11.2 Å². The zero-order valence-electron chi connectivity index (χ0n) is 8.03. The van der Waals surface area contributed by atoms with E-state index in [1.807, 2.05) is 37.3 Å². The first-order chi connectivity index (χ1) is 6.77. The predicted molar refractivity (Wildman–Crippen MR) is 53.5 cm³/mol. The third kappa shape index (κ3) is 2.60. The van der Waals surface area contributed by atoms with Gasteiger partial charge in [0, 0.05) is 6.42 Å². The molecule has 0 heterocycles. The molecule has 14 heavy (non-hydrogen) atoms. The van der Waals surface area contributed by atoms with Gasteiger partial charge in [-0.15, -0.1) is 0 Å². The number of amides is 1. The fourth-order valence-electron chi connectivity index (χ4n) is 1.28. The molecule has 0 aromatic heterocycles. The molecule has 0 radical (unpaired) electrons. The van der Waals surface area contributed by atoms with Crippen LogP contribution < -0.4 is 5.32 Å². The van der Waals surface area contributed by atoms with Crippen LogP contribution in [-0.4, -0.2) is 12.5 Å². The van der Waals surface area contributed by atoms with E-state index in [0.717, 1.165) is 11.1 Å². The summed E-state index contributed by atoms with van der Waals surface area (Å²) in [6.45, 7) is 1.99. The first-order valence-electron chi connectivity index (χ1n) is 4.41. The van der Waals surface area contributed by atoms with Crippen molar-refractivity contribution in [3.05, 3.63) is 35.4 Å². The third-order valence-corrected chi connectivity index (χ3v) is 2.11. The minimum absolute atomic E-state index is 0.436. The van der Waals surface area contributed by atoms with E-state index in [1.54, 1.807) is 0 Å². The maximum atomic E-state index is 10.2. The van der Waals surface area contributed by atoms with Gasteiger partial charge in [-0.1, -0.05) is 24.3 Å². The molecule has 0 saturated heterocycles. The Hall–Kier alpha value is -1.82. The monoisotopic (exact) mass is 188 g/mol. The number of carbonyl (C=O) groups is 1. The van der Waals surface area contributed by atoms with Gasteiger partial charge in [-0.2, -0.15) is 5.26 Å². The molecule has 1 unspecified atom stereocenters. The summed E-state index contributed by atoms with van der Waals surface area (Å²) in [4.78, 5) is 10.2. The van der Waals surface area contributed by atoms with Crippen LogP contribution in [0.1, 0.15) is 11.1 Å². The van der Waals surface area contributed by atoms with Crippen molar-refractivity contribution in [1.29, 1.82) is 5.26 Å². The highest BCUT2D eigenvalue weighted by atomic mass is 16.1. The van der Waals surface area contributed by atoms with E-state index < -0.39 is 6.04 Å². The molecule has 72 valence electrons. The Morgan fingerprint density at radius 2 is 2.29 bits per heavy atom. The van der Waals surface area contributed by atoms with Gasteiger partial charge in [0.2, 0.25) is 6.41 Å². The maximum Gasteiger partial charge on any atom is 0.208 e. The summed E-state index contributed by atoms with van der Waals surface area (Å²) in [6.07, 6.45) is 1.12. The minimum Gasteiger partial charge on any atom is -0.343 e. The number of nitrogens with zero attached hydrogens (tertiary/aromatic N) is 1. The van der Waals surface area contributed by atoms with Crippen LogP contribution in [0.3, 0.4) is 0 Å². The Balaban J connectivity index is 2.72. The lowest BCUT2D eigenvalue weighted by Crippen LogP contribution is -2.28. The second kappa shape index (κ2) is 5.03. The quantitative estimate of drug-likeness (QED) is 0.721. The van der Waals surface area contributed by atoms with Crippen molar-refractivity contribution in [3.63, 3.8) is 0 Å². The number of nitriles is 1. The van der Waals surface area contributed by atoms with Crippen molar-refractivity contribution in [3.8, 4) is 6.07 Å². The second-order valence-electron chi connectivity index (χ2n) is 3.10. The smallest absolute Gasteiger partial charge is 0.208 e. The molecular weight excluding hydrogens is 176 g/mol. The van der Waals surface area contributed by atoms with E-state index in [9.17, 15) is 4.79 Å². The number of carbonyl (C=O) groups excluding carboxylic acids is 1. The van der Waals surface area contributed by atoms with E-state index in [2.05, 4.69) is 5.32 Å². The van der Waals surface area contributed by atoms with Crippen LogP contribution in [0.25, 0.3) is 0 Å². The Labute approximate surface area is 83.4 Å². The molecule has 0 bridgehead atoms. The summed E-state index contributed by atoms with van der Waals surface area (Å²) >= 11 is 0. The lowest BCUT2D eigenvalue weighted by molar-refractivity contribution is -0.109. The number of nitrogens with one attached hydrogen (secondary N) is 1. The average molecular weight is 188 g/mol. The molecule has 0 aliphatic carbocycles. The van der Waals surface area contributed by atoms with Crippen molar-refractivity contribution >= 4 is 6.41 Å². The van der Waals surface area contributed by atoms with Gasteiger partial charge in [0.1, 0.15) is 6.04 Å². The Kier molecular flexibility index (Phi) is 3.69. The number of rotatable bonds is 4. The van der Waals surface area contributed by atoms with Crippen molar-refractivity contribution in [2.24, 2.45) is 0 Å². The van der Waals surface area contributed by atoms with Gasteiger partial charge >= 0.3 is 0 Å². The van der Waals surface area contributed by atoms with Gasteiger partial charge in [-0.3, -0.25) is 4.79 Å². The molecule has 1 rings (SSSR count). The Bertz CT molecular complexity index is 355. The average Bonchev–Trinajstić information content (AvgIpc) is 2.20. The molecule has 1 amide bonds. The zero-order valence-corrected chi connectivity index (χ0v) is 8.03. The van der Waals surface area contributed by atoms with E-state index >= 15 is 0 Å². The Morgan fingerprint density at radius 3 is 2.86 bits per heavy atom. The highest BCUT2D eigenvalue weighted by molar-refractivity contribution is 5.48. The summed E-state index contributed by atoms with van der Waals surface area (Å²) in [6, 6.07) is 9.44. The molecule has 1 N–H and O–H groups in total. The Morgan fingerprint density at radius 1 is 1.57 bits per heavy atom. The minimum atomic E-state index is -0.436. The van der Waals surface area contributed by atoms with Gasteiger partial charge in [-0.25, -0.2) is 0 Å². The third-order valence-electron chi connectivity index (χ3n) is 2.11. The van der Waals surface area contributed by atoms with Crippen LogP contribution >= 0.6 is 0 Å². The first kappa shape index (κ1) is 10.3. The largest absolute Gasteiger partial charge is 0.343 e. The van der Waals surface area contributed by atoms with E-state index in [0.29, 0.717) is 12.8 Å². The van der Waals surface area contributed by atoms with Gasteiger partial charge in [0.25, 0.3) is 0 Å². The normalized spacial score (nSPS) is 11.4. The first-order valence-corrected chi connectivity index (χ1v) is 4.41. The van der Waals surface area contributed by atoms with Crippen molar-refractivity contribution < 1.29 is 4.79 Å². The topological polar surface area (TPSA) is 52.9 Å². The highest BCUT2D eigenvalue weighted by Gasteiger charge is 2.07. The van der Waals surface area contributed by atoms with Crippen LogP contribution in [0.15, 0.2) is 24.3 Å². The van der Waals surface area contributed by atoms with E-state index in [-0.39, 0.29) is 0 Å². The van der Waals surface area contributed by atoms with Gasteiger partial charge < -0.3 is 5.32 Å². The van der Waals surface area contributed by atoms with Crippen molar-refractivity contribution in [1.82, 2.24) is 5.32 Å². The SMILES string of the molecule is Cc1ccccc1CC(C#N)NC=O. The molecule has 0 fully saturated rings. The van der Waals surface area contributed by atoms with Gasteiger partial charge in [0.05, 0.1) is 6.07 Å². The molecule has 1 atom stereocenters. The number of hydrogen-bond donors (Lipinski definition) is 1. The maximum absolute atomic E-state index is 10.2. The van der Waals surface area contributed by atoms with E-state index in [1.165, 1.54) is 0 Å². The summed E-state index contributed by atoms with van der Waals surface area (Å²) < 4.78 is 0. The number of hydrogen-bond acceptors (Lipinski definition) is 2. The highest BCUT2D eigenvalue weighted by Crippen LogP contribution is 2.09. The molecule has 0 aliphatic heterocycles. The molecular formula is C11H12N2O. The molecule has 0 saturated carbocycles. The standard InChI is InChI=1S/C11H12N2O/c1-9-4-2-3-5-10(9)6-11(7-12)13-8-14/h2-5,8,11H,6H2,1H3,(H,13,14). The summed E-state index contributed by atoms with van der Waals surface area (Å²) in [5.74, 6) is 0. The van der Waals surface area contributed by atoms with E-state index in [4.69, 9.17) is 5.26 Å². The molecule has 3 heteroatoms. The number of benzene rings is 1. The lowest BCUT2D eigenvalue weighted by Gasteiger charge is -2.09. The van der Waals surface area contributed by atoms with Crippen LogP contribution in [0.5, 0.6) is 0 Å².